The third kappa shape index (κ3) is 2.31. The van der Waals surface area contributed by atoms with E-state index in [4.69, 9.17) is 0 Å². The highest BCUT2D eigenvalue weighted by molar-refractivity contribution is 7.69. The molecule has 0 bridgehead atoms. The Labute approximate surface area is 102 Å². The molecule has 1 heterocycles. The van der Waals surface area contributed by atoms with E-state index in [1.54, 1.807) is 20.7 Å². The monoisotopic (exact) mass is 252 g/mol. The lowest BCUT2D eigenvalue weighted by Crippen LogP contribution is -2.21. The predicted octanol–water partition coefficient (Wildman–Crippen LogP) is 2.00. The van der Waals surface area contributed by atoms with Crippen LogP contribution in [0.1, 0.15) is 0 Å². The van der Waals surface area contributed by atoms with E-state index in [-0.39, 0.29) is 0 Å². The molecule has 0 radical (unpaired) electrons. The Kier molecular flexibility index (Phi) is 3.36. The van der Waals surface area contributed by atoms with E-state index in [1.807, 2.05) is 43.9 Å². The van der Waals surface area contributed by atoms with Crippen LogP contribution >= 0.6 is 20.7 Å². The fraction of sp³-hybridized carbons (Fsp3) is 0.273. The molecular formula is C11H14N3S2+. The quantitative estimate of drug-likeness (QED) is 0.601. The second-order valence-electron chi connectivity index (χ2n) is 3.63. The summed E-state index contributed by atoms with van der Waals surface area (Å²) in [5.41, 5.74) is 1.16. The third-order valence-corrected chi connectivity index (χ3v) is 4.54. The van der Waals surface area contributed by atoms with Gasteiger partial charge in [-0.15, -0.1) is 0 Å². The molecule has 0 atom stereocenters. The summed E-state index contributed by atoms with van der Waals surface area (Å²) in [6.45, 7) is 0. The maximum Gasteiger partial charge on any atom is 0.390 e. The molecule has 2 aromatic rings. The van der Waals surface area contributed by atoms with Gasteiger partial charge in [0.2, 0.25) is 0 Å². The number of hydrogen-bond acceptors (Lipinski definition) is 4. The highest BCUT2D eigenvalue weighted by atomic mass is 32.9. The average Bonchev–Trinajstić information content (AvgIpc) is 2.78. The summed E-state index contributed by atoms with van der Waals surface area (Å²) in [5, 5.41) is 1.03. The normalized spacial score (nSPS) is 10.2. The van der Waals surface area contributed by atoms with E-state index < -0.39 is 0 Å². The van der Waals surface area contributed by atoms with Gasteiger partial charge in [0, 0.05) is 28.1 Å². The van der Waals surface area contributed by atoms with Crippen LogP contribution in [0.2, 0.25) is 0 Å². The highest BCUT2D eigenvalue weighted by Crippen LogP contribution is 2.25. The maximum absolute atomic E-state index is 4.57. The molecule has 1 aromatic carbocycles. The molecule has 5 heteroatoms. The summed E-state index contributed by atoms with van der Waals surface area (Å²) in [6, 6.07) is 10.3. The second-order valence-corrected chi connectivity index (χ2v) is 5.70. The third-order valence-electron chi connectivity index (χ3n) is 2.20. The van der Waals surface area contributed by atoms with Gasteiger partial charge in [-0.05, 0) is 22.5 Å². The fourth-order valence-electron chi connectivity index (χ4n) is 1.26. The number of benzene rings is 1. The first-order valence-corrected chi connectivity index (χ1v) is 7.10. The number of hydrogen-bond donors (Lipinski definition) is 0. The Morgan fingerprint density at radius 1 is 1.12 bits per heavy atom. The highest BCUT2D eigenvalue weighted by Gasteiger charge is 2.14. The smallest absolute Gasteiger partial charge is 0.299 e. The van der Waals surface area contributed by atoms with E-state index in [9.17, 15) is 0 Å². The Bertz CT molecular complexity index is 523. The van der Waals surface area contributed by atoms with Gasteiger partial charge in [-0.2, -0.15) is 0 Å². The second kappa shape index (κ2) is 4.76. The zero-order valence-electron chi connectivity index (χ0n) is 9.54. The molecule has 16 heavy (non-hydrogen) atoms. The summed E-state index contributed by atoms with van der Waals surface area (Å²) in [5.74, 6) is 0. The number of rotatable bonds is 2. The molecule has 0 unspecified atom stereocenters. The van der Waals surface area contributed by atoms with Crippen LogP contribution in [0.15, 0.2) is 30.3 Å². The summed E-state index contributed by atoms with van der Waals surface area (Å²) >= 11 is 0. The summed E-state index contributed by atoms with van der Waals surface area (Å²) in [7, 11) is 9.46. The zero-order valence-corrected chi connectivity index (χ0v) is 11.2. The minimum Gasteiger partial charge on any atom is -0.299 e. The van der Waals surface area contributed by atoms with Gasteiger partial charge in [0.05, 0.1) is 14.1 Å². The molecule has 1 aromatic heterocycles. The standard InChI is InChI=1S/C11H14N3S2/c1-13(2)10-12-11(16-15-10)14(3)9-7-5-4-6-8-9/h4-8H,1-3H3/q+1. The minimum absolute atomic E-state index is 1.03. The van der Waals surface area contributed by atoms with Crippen LogP contribution in [0.5, 0.6) is 0 Å². The molecule has 0 spiro atoms. The van der Waals surface area contributed by atoms with Crippen LogP contribution in [0, 0.1) is 0 Å². The van der Waals surface area contributed by atoms with E-state index in [1.165, 1.54) is 0 Å². The van der Waals surface area contributed by atoms with Crippen LogP contribution in [0.4, 0.5) is 10.8 Å². The molecule has 84 valence electrons. The van der Waals surface area contributed by atoms with Gasteiger partial charge in [0.25, 0.3) is 0 Å². The Morgan fingerprint density at radius 2 is 1.81 bits per heavy atom. The summed E-state index contributed by atoms with van der Waals surface area (Å²) in [6.07, 6.45) is 0. The first kappa shape index (κ1) is 11.3. The van der Waals surface area contributed by atoms with Gasteiger partial charge in [-0.3, -0.25) is 9.48 Å². The van der Waals surface area contributed by atoms with Crippen molar-refractivity contribution in [1.29, 1.82) is 0 Å². The predicted molar refractivity (Wildman–Crippen MR) is 71.6 cm³/mol. The topological polar surface area (TPSA) is 19.1 Å². The Balaban J connectivity index is 2.35. The minimum atomic E-state index is 1.03. The molecule has 3 nitrogen and oxygen atoms in total. The largest absolute Gasteiger partial charge is 0.390 e. The van der Waals surface area contributed by atoms with Crippen molar-refractivity contribution in [3.63, 3.8) is 0 Å². The van der Waals surface area contributed by atoms with Crippen molar-refractivity contribution in [2.75, 3.05) is 26.0 Å². The van der Waals surface area contributed by atoms with Crippen LogP contribution in [0.3, 0.4) is 0 Å². The summed E-state index contributed by atoms with van der Waals surface area (Å²) in [4.78, 5) is 7.72. The average molecular weight is 252 g/mol. The van der Waals surface area contributed by atoms with Crippen molar-refractivity contribution in [2.24, 2.45) is 0 Å². The van der Waals surface area contributed by atoms with Gasteiger partial charge in [0.15, 0.2) is 0 Å². The molecule has 0 N–H and O–H groups in total. The van der Waals surface area contributed by atoms with Gasteiger partial charge in [0.1, 0.15) is 0 Å². The van der Waals surface area contributed by atoms with Crippen molar-refractivity contribution in [3.8, 4) is 0 Å². The van der Waals surface area contributed by atoms with Crippen molar-refractivity contribution in [3.05, 3.63) is 35.1 Å². The Morgan fingerprint density at radius 3 is 2.38 bits per heavy atom. The van der Waals surface area contributed by atoms with E-state index >= 15 is 0 Å². The van der Waals surface area contributed by atoms with E-state index in [2.05, 4.69) is 22.0 Å². The number of aromatic nitrogens is 1. The Hall–Kier alpha value is -1.20. The van der Waals surface area contributed by atoms with E-state index in [0.717, 1.165) is 15.6 Å². The summed E-state index contributed by atoms with van der Waals surface area (Å²) < 4.78 is 2.03. The van der Waals surface area contributed by atoms with Crippen LogP contribution in [0.25, 0.3) is 0 Å². The van der Waals surface area contributed by atoms with E-state index in [0.29, 0.717) is 0 Å². The first-order chi connectivity index (χ1) is 7.68. The lowest BCUT2D eigenvalue weighted by atomic mass is 10.3. The molecule has 2 rings (SSSR count). The SMILES string of the molecule is CN(c1ccccc1)c1nc(=[N+](C)C)ss1. The fourth-order valence-corrected chi connectivity index (χ4v) is 3.54. The number of anilines is 2. The lowest BCUT2D eigenvalue weighted by molar-refractivity contribution is 0.802. The van der Waals surface area contributed by atoms with Gasteiger partial charge in [-0.25, -0.2) is 0 Å². The zero-order chi connectivity index (χ0) is 11.5. The van der Waals surface area contributed by atoms with Gasteiger partial charge >= 0.3 is 9.93 Å². The first-order valence-electron chi connectivity index (χ1n) is 4.95. The van der Waals surface area contributed by atoms with Crippen molar-refractivity contribution in [1.82, 2.24) is 9.56 Å². The van der Waals surface area contributed by atoms with Crippen molar-refractivity contribution in [2.45, 2.75) is 0 Å². The van der Waals surface area contributed by atoms with Gasteiger partial charge < -0.3 is 0 Å². The molecule has 0 saturated carbocycles. The van der Waals surface area contributed by atoms with Gasteiger partial charge in [-0.1, -0.05) is 18.2 Å². The molecular weight excluding hydrogens is 238 g/mol. The molecule has 0 aliphatic rings. The number of para-hydroxylation sites is 1. The molecule has 0 aliphatic heterocycles. The lowest BCUT2D eigenvalue weighted by Gasteiger charge is -2.11. The molecule has 0 fully saturated rings. The number of nitrogens with zero attached hydrogens (tertiary/aromatic N) is 3. The maximum atomic E-state index is 4.57. The van der Waals surface area contributed by atoms with Crippen LogP contribution in [-0.2, 0) is 0 Å². The molecule has 0 amide bonds. The van der Waals surface area contributed by atoms with Crippen molar-refractivity contribution >= 4 is 31.5 Å². The van der Waals surface area contributed by atoms with Crippen LogP contribution in [-0.4, -0.2) is 26.1 Å². The van der Waals surface area contributed by atoms with Crippen LogP contribution < -0.4 is 14.3 Å². The molecule has 0 aliphatic carbocycles. The molecule has 0 saturated heterocycles. The van der Waals surface area contributed by atoms with Crippen molar-refractivity contribution < 1.29 is 0 Å².